The summed E-state index contributed by atoms with van der Waals surface area (Å²) in [5, 5.41) is 0.768. The first-order chi connectivity index (χ1) is 9.61. The Balaban J connectivity index is 2.20. The Bertz CT molecular complexity index is 551. The molecule has 0 bridgehead atoms. The monoisotopic (exact) mass is 288 g/mol. The van der Waals surface area contributed by atoms with Crippen molar-refractivity contribution >= 4 is 17.3 Å². The molecule has 0 radical (unpaired) electrons. The molecule has 2 nitrogen and oxygen atoms in total. The average molecular weight is 289 g/mol. The summed E-state index contributed by atoms with van der Waals surface area (Å²) in [6, 6.07) is 16.4. The van der Waals surface area contributed by atoms with Crippen LogP contribution in [0.4, 0.5) is 5.69 Å². The Morgan fingerprint density at radius 1 is 1.10 bits per heavy atom. The van der Waals surface area contributed by atoms with Gasteiger partial charge in [-0.3, -0.25) is 0 Å². The number of benzene rings is 2. The van der Waals surface area contributed by atoms with Crippen molar-refractivity contribution in [2.75, 3.05) is 11.9 Å². The van der Waals surface area contributed by atoms with Crippen LogP contribution >= 0.6 is 11.6 Å². The highest BCUT2D eigenvalue weighted by Gasteiger charge is 2.12. The van der Waals surface area contributed by atoms with Crippen LogP contribution in [0.1, 0.15) is 30.5 Å². The molecular formula is C17H21ClN2. The second-order valence-corrected chi connectivity index (χ2v) is 5.49. The van der Waals surface area contributed by atoms with Crippen LogP contribution in [0.2, 0.25) is 5.02 Å². The van der Waals surface area contributed by atoms with Gasteiger partial charge in [0.25, 0.3) is 0 Å². The summed E-state index contributed by atoms with van der Waals surface area (Å²) >= 11 is 5.92. The number of anilines is 1. The number of nitrogens with zero attached hydrogens (tertiary/aromatic N) is 1. The van der Waals surface area contributed by atoms with Crippen molar-refractivity contribution in [2.45, 2.75) is 25.9 Å². The van der Waals surface area contributed by atoms with Gasteiger partial charge in [0.1, 0.15) is 0 Å². The van der Waals surface area contributed by atoms with E-state index in [9.17, 15) is 0 Å². The molecule has 1 atom stereocenters. The van der Waals surface area contributed by atoms with Gasteiger partial charge in [0.15, 0.2) is 0 Å². The fourth-order valence-electron chi connectivity index (χ4n) is 2.32. The van der Waals surface area contributed by atoms with E-state index in [0.717, 1.165) is 18.0 Å². The number of nitrogens with two attached hydrogens (primary N) is 1. The molecule has 2 aromatic rings. The molecule has 0 aromatic heterocycles. The maximum absolute atomic E-state index is 6.20. The van der Waals surface area contributed by atoms with Crippen LogP contribution in [-0.2, 0) is 6.54 Å². The average Bonchev–Trinajstić information content (AvgIpc) is 2.48. The lowest BCUT2D eigenvalue weighted by Crippen LogP contribution is -2.20. The highest BCUT2D eigenvalue weighted by atomic mass is 35.5. The lowest BCUT2D eigenvalue weighted by atomic mass is 10.0. The van der Waals surface area contributed by atoms with E-state index in [4.69, 9.17) is 17.3 Å². The fourth-order valence-corrected chi connectivity index (χ4v) is 2.44. The van der Waals surface area contributed by atoms with E-state index in [0.29, 0.717) is 0 Å². The number of halogens is 1. The lowest BCUT2D eigenvalue weighted by Gasteiger charge is -2.25. The highest BCUT2D eigenvalue weighted by molar-refractivity contribution is 6.30. The normalized spacial score (nSPS) is 12.2. The van der Waals surface area contributed by atoms with Crippen molar-refractivity contribution in [2.24, 2.45) is 5.73 Å². The van der Waals surface area contributed by atoms with E-state index < -0.39 is 0 Å². The van der Waals surface area contributed by atoms with Gasteiger partial charge in [0, 0.05) is 30.3 Å². The van der Waals surface area contributed by atoms with Gasteiger partial charge in [0.05, 0.1) is 0 Å². The van der Waals surface area contributed by atoms with Gasteiger partial charge >= 0.3 is 0 Å². The summed E-state index contributed by atoms with van der Waals surface area (Å²) in [5.74, 6) is 0. The Hall–Kier alpha value is -1.51. The van der Waals surface area contributed by atoms with Crippen LogP contribution < -0.4 is 10.6 Å². The summed E-state index contributed by atoms with van der Waals surface area (Å²) in [6.07, 6.45) is 0.936. The molecule has 0 aliphatic heterocycles. The van der Waals surface area contributed by atoms with Crippen molar-refractivity contribution in [3.05, 3.63) is 64.7 Å². The summed E-state index contributed by atoms with van der Waals surface area (Å²) in [6.45, 7) is 2.95. The van der Waals surface area contributed by atoms with E-state index >= 15 is 0 Å². The molecule has 1 unspecified atom stereocenters. The van der Waals surface area contributed by atoms with Crippen molar-refractivity contribution in [1.29, 1.82) is 0 Å². The standard InChI is InChI=1S/C17H21ClN2/c1-3-16(19)15-6-4-5-7-17(15)20(2)12-13-8-10-14(18)11-9-13/h4-11,16H,3,12,19H2,1-2H3. The zero-order chi connectivity index (χ0) is 14.5. The summed E-state index contributed by atoms with van der Waals surface area (Å²) in [7, 11) is 2.09. The Kier molecular flexibility index (Phi) is 5.05. The molecule has 0 spiro atoms. The summed E-state index contributed by atoms with van der Waals surface area (Å²) in [4.78, 5) is 2.23. The van der Waals surface area contributed by atoms with Crippen LogP contribution in [0.15, 0.2) is 48.5 Å². The fraction of sp³-hybridized carbons (Fsp3) is 0.294. The smallest absolute Gasteiger partial charge is 0.0426 e. The molecule has 2 rings (SSSR count). The van der Waals surface area contributed by atoms with Crippen LogP contribution in [-0.4, -0.2) is 7.05 Å². The van der Waals surface area contributed by atoms with Gasteiger partial charge in [-0.15, -0.1) is 0 Å². The molecule has 20 heavy (non-hydrogen) atoms. The zero-order valence-corrected chi connectivity index (χ0v) is 12.8. The highest BCUT2D eigenvalue weighted by Crippen LogP contribution is 2.27. The molecular weight excluding hydrogens is 268 g/mol. The van der Waals surface area contributed by atoms with Gasteiger partial charge < -0.3 is 10.6 Å². The molecule has 0 aliphatic carbocycles. The quantitative estimate of drug-likeness (QED) is 0.884. The first-order valence-electron chi connectivity index (χ1n) is 6.92. The molecule has 0 aliphatic rings. The summed E-state index contributed by atoms with van der Waals surface area (Å²) in [5.41, 5.74) is 9.83. The van der Waals surface area contributed by atoms with Gasteiger partial charge in [-0.2, -0.15) is 0 Å². The van der Waals surface area contributed by atoms with Gasteiger partial charge in [0.2, 0.25) is 0 Å². The van der Waals surface area contributed by atoms with Crippen LogP contribution in [0, 0.1) is 0 Å². The topological polar surface area (TPSA) is 29.3 Å². The number of rotatable bonds is 5. The largest absolute Gasteiger partial charge is 0.370 e. The van der Waals surface area contributed by atoms with Crippen LogP contribution in [0.25, 0.3) is 0 Å². The predicted octanol–water partition coefficient (Wildman–Crippen LogP) is 4.39. The minimum absolute atomic E-state index is 0.0823. The second kappa shape index (κ2) is 6.78. The van der Waals surface area contributed by atoms with E-state index in [1.54, 1.807) is 0 Å². The second-order valence-electron chi connectivity index (χ2n) is 5.06. The molecule has 0 saturated carbocycles. The van der Waals surface area contributed by atoms with Crippen LogP contribution in [0.5, 0.6) is 0 Å². The Labute approximate surface area is 126 Å². The van der Waals surface area contributed by atoms with Crippen molar-refractivity contribution in [3.8, 4) is 0 Å². The molecule has 0 amide bonds. The third kappa shape index (κ3) is 3.53. The maximum Gasteiger partial charge on any atom is 0.0426 e. The lowest BCUT2D eigenvalue weighted by molar-refractivity contribution is 0.694. The van der Waals surface area contributed by atoms with Gasteiger partial charge in [-0.1, -0.05) is 48.9 Å². The molecule has 0 fully saturated rings. The first-order valence-corrected chi connectivity index (χ1v) is 7.29. The van der Waals surface area contributed by atoms with E-state index in [1.165, 1.54) is 16.8 Å². The van der Waals surface area contributed by atoms with E-state index in [1.807, 2.05) is 18.2 Å². The Morgan fingerprint density at radius 2 is 1.75 bits per heavy atom. The third-order valence-electron chi connectivity index (χ3n) is 3.52. The molecule has 2 N–H and O–H groups in total. The zero-order valence-electron chi connectivity index (χ0n) is 12.0. The van der Waals surface area contributed by atoms with E-state index in [2.05, 4.69) is 49.2 Å². The van der Waals surface area contributed by atoms with E-state index in [-0.39, 0.29) is 6.04 Å². The maximum atomic E-state index is 6.20. The minimum Gasteiger partial charge on any atom is -0.370 e. The van der Waals surface area contributed by atoms with Gasteiger partial charge in [-0.05, 0) is 35.7 Å². The molecule has 0 heterocycles. The SMILES string of the molecule is CCC(N)c1ccccc1N(C)Cc1ccc(Cl)cc1. The van der Waals surface area contributed by atoms with Gasteiger partial charge in [-0.25, -0.2) is 0 Å². The number of hydrogen-bond donors (Lipinski definition) is 1. The molecule has 106 valence electrons. The van der Waals surface area contributed by atoms with Crippen molar-refractivity contribution in [3.63, 3.8) is 0 Å². The predicted molar refractivity (Wildman–Crippen MR) is 87.2 cm³/mol. The van der Waals surface area contributed by atoms with Crippen molar-refractivity contribution < 1.29 is 0 Å². The summed E-state index contributed by atoms with van der Waals surface area (Å²) < 4.78 is 0. The first kappa shape index (κ1) is 14.9. The van der Waals surface area contributed by atoms with Crippen LogP contribution in [0.3, 0.4) is 0 Å². The number of para-hydroxylation sites is 1. The molecule has 3 heteroatoms. The van der Waals surface area contributed by atoms with Crippen molar-refractivity contribution in [1.82, 2.24) is 0 Å². The third-order valence-corrected chi connectivity index (χ3v) is 3.77. The number of hydrogen-bond acceptors (Lipinski definition) is 2. The molecule has 2 aromatic carbocycles. The molecule has 0 saturated heterocycles. The minimum atomic E-state index is 0.0823. The Morgan fingerprint density at radius 3 is 2.40 bits per heavy atom.